The summed E-state index contributed by atoms with van der Waals surface area (Å²) >= 11 is 0. The normalized spacial score (nSPS) is 35.3. The van der Waals surface area contributed by atoms with Gasteiger partial charge < -0.3 is 4.74 Å². The van der Waals surface area contributed by atoms with Crippen LogP contribution >= 0.6 is 0 Å². The summed E-state index contributed by atoms with van der Waals surface area (Å²) in [5.74, 6) is 1.90. The molecule has 2 nitrogen and oxygen atoms in total. The van der Waals surface area contributed by atoms with Gasteiger partial charge in [-0.3, -0.25) is 4.79 Å². The fourth-order valence-corrected chi connectivity index (χ4v) is 3.68. The number of ether oxygens (including phenoxy) is 1. The topological polar surface area (TPSA) is 26.3 Å². The van der Waals surface area contributed by atoms with E-state index in [4.69, 9.17) is 4.74 Å². The molecule has 0 radical (unpaired) electrons. The summed E-state index contributed by atoms with van der Waals surface area (Å²) in [6, 6.07) is 1.07. The van der Waals surface area contributed by atoms with E-state index in [1.807, 2.05) is 0 Å². The highest BCUT2D eigenvalue weighted by atomic mass is 28.3. The van der Waals surface area contributed by atoms with Crippen molar-refractivity contribution in [2.45, 2.75) is 39.0 Å². The van der Waals surface area contributed by atoms with E-state index in [0.29, 0.717) is 24.4 Å². The Balaban J connectivity index is 1.80. The molecule has 17 heavy (non-hydrogen) atoms. The maximum absolute atomic E-state index is 12.0. The van der Waals surface area contributed by atoms with Gasteiger partial charge in [-0.25, -0.2) is 0 Å². The van der Waals surface area contributed by atoms with E-state index < -0.39 is 8.07 Å². The van der Waals surface area contributed by atoms with Crippen molar-refractivity contribution in [2.75, 3.05) is 6.61 Å². The summed E-state index contributed by atoms with van der Waals surface area (Å²) in [5, 5.41) is 0. The Kier molecular flexibility index (Phi) is 3.48. The van der Waals surface area contributed by atoms with Crippen molar-refractivity contribution in [3.05, 3.63) is 12.2 Å². The first-order valence-electron chi connectivity index (χ1n) is 6.73. The first kappa shape index (κ1) is 12.9. The van der Waals surface area contributed by atoms with Crippen molar-refractivity contribution < 1.29 is 9.53 Å². The Morgan fingerprint density at radius 1 is 1.35 bits per heavy atom. The van der Waals surface area contributed by atoms with Gasteiger partial charge in [0.05, 0.1) is 12.5 Å². The Morgan fingerprint density at radius 3 is 2.53 bits per heavy atom. The predicted octanol–water partition coefficient (Wildman–Crippen LogP) is 3.33. The van der Waals surface area contributed by atoms with Crippen molar-refractivity contribution in [3.8, 4) is 0 Å². The third kappa shape index (κ3) is 2.82. The predicted molar refractivity (Wildman–Crippen MR) is 72.5 cm³/mol. The number of esters is 1. The molecule has 0 aromatic rings. The molecule has 3 heteroatoms. The first-order chi connectivity index (χ1) is 7.88. The fourth-order valence-electron chi connectivity index (χ4n) is 2.97. The Bertz CT molecular complexity index is 330. The fraction of sp³-hybridized carbons (Fsp3) is 0.786. The standard InChI is InChI=1S/C14H24O2Si/c1-10-11-5-6-12(10)13(9-11)14(15)16-7-8-17(2,3)4/h5-6,10-13H,7-9H2,1-4H3. The minimum absolute atomic E-state index is 0.0481. The minimum atomic E-state index is -1.08. The van der Waals surface area contributed by atoms with E-state index in [-0.39, 0.29) is 11.9 Å². The lowest BCUT2D eigenvalue weighted by Gasteiger charge is -2.20. The van der Waals surface area contributed by atoms with Gasteiger partial charge in [0.1, 0.15) is 0 Å². The van der Waals surface area contributed by atoms with Crippen LogP contribution in [0.25, 0.3) is 0 Å². The third-order valence-electron chi connectivity index (χ3n) is 4.25. The zero-order chi connectivity index (χ0) is 12.6. The molecule has 1 fully saturated rings. The Hall–Kier alpha value is -0.573. The number of allylic oxidation sites excluding steroid dienone is 2. The summed E-state index contributed by atoms with van der Waals surface area (Å²) in [7, 11) is -1.08. The van der Waals surface area contributed by atoms with E-state index in [0.717, 1.165) is 12.5 Å². The molecular weight excluding hydrogens is 228 g/mol. The van der Waals surface area contributed by atoms with Crippen LogP contribution in [0.1, 0.15) is 13.3 Å². The van der Waals surface area contributed by atoms with Gasteiger partial charge in [-0.1, -0.05) is 38.7 Å². The monoisotopic (exact) mass is 252 g/mol. The SMILES string of the molecule is CC1C2C=CC1C(C(=O)OCC[Si](C)(C)C)C2. The first-order valence-corrected chi connectivity index (χ1v) is 10.4. The van der Waals surface area contributed by atoms with Crippen LogP contribution < -0.4 is 0 Å². The maximum Gasteiger partial charge on any atom is 0.309 e. The number of hydrogen-bond donors (Lipinski definition) is 0. The lowest BCUT2D eigenvalue weighted by atomic mass is 9.92. The Labute approximate surface area is 105 Å². The second-order valence-electron chi connectivity index (χ2n) is 6.81. The van der Waals surface area contributed by atoms with Gasteiger partial charge in [-0.15, -0.1) is 0 Å². The molecule has 0 saturated heterocycles. The summed E-state index contributed by atoms with van der Waals surface area (Å²) in [6.07, 6.45) is 5.51. The summed E-state index contributed by atoms with van der Waals surface area (Å²) in [5.41, 5.74) is 0. The lowest BCUT2D eigenvalue weighted by molar-refractivity contribution is -0.149. The summed E-state index contributed by atoms with van der Waals surface area (Å²) in [6.45, 7) is 9.81. The number of hydrogen-bond acceptors (Lipinski definition) is 2. The average Bonchev–Trinajstić information content (AvgIpc) is 2.72. The highest BCUT2D eigenvalue weighted by Crippen LogP contribution is 2.48. The van der Waals surface area contributed by atoms with Crippen LogP contribution in [0.2, 0.25) is 25.7 Å². The molecule has 2 rings (SSSR count). The van der Waals surface area contributed by atoms with Gasteiger partial charge in [0.2, 0.25) is 0 Å². The molecular formula is C14H24O2Si. The van der Waals surface area contributed by atoms with Crippen LogP contribution in [0.4, 0.5) is 0 Å². The van der Waals surface area contributed by atoms with Crippen LogP contribution in [0.15, 0.2) is 12.2 Å². The highest BCUT2D eigenvalue weighted by Gasteiger charge is 2.46. The smallest absolute Gasteiger partial charge is 0.309 e. The zero-order valence-corrected chi connectivity index (χ0v) is 12.4. The Morgan fingerprint density at radius 2 is 2.06 bits per heavy atom. The van der Waals surface area contributed by atoms with Crippen molar-refractivity contribution in [3.63, 3.8) is 0 Å². The molecule has 0 N–H and O–H groups in total. The van der Waals surface area contributed by atoms with E-state index >= 15 is 0 Å². The molecule has 0 aromatic heterocycles. The zero-order valence-electron chi connectivity index (χ0n) is 11.4. The molecule has 0 aliphatic heterocycles. The molecule has 0 spiro atoms. The summed E-state index contributed by atoms with van der Waals surface area (Å²) < 4.78 is 5.46. The molecule has 2 bridgehead atoms. The summed E-state index contributed by atoms with van der Waals surface area (Å²) in [4.78, 5) is 12.0. The average molecular weight is 252 g/mol. The number of fused-ring (bicyclic) bond motifs is 2. The van der Waals surface area contributed by atoms with Gasteiger partial charge in [-0.05, 0) is 30.2 Å². The van der Waals surface area contributed by atoms with Gasteiger partial charge in [0.15, 0.2) is 0 Å². The van der Waals surface area contributed by atoms with Gasteiger partial charge in [0.25, 0.3) is 0 Å². The van der Waals surface area contributed by atoms with E-state index in [1.165, 1.54) is 0 Å². The molecule has 0 heterocycles. The maximum atomic E-state index is 12.0. The molecule has 4 atom stereocenters. The largest absolute Gasteiger partial charge is 0.466 e. The highest BCUT2D eigenvalue weighted by molar-refractivity contribution is 6.76. The third-order valence-corrected chi connectivity index (χ3v) is 5.96. The molecule has 0 amide bonds. The number of rotatable bonds is 4. The van der Waals surface area contributed by atoms with Gasteiger partial charge >= 0.3 is 5.97 Å². The molecule has 1 saturated carbocycles. The molecule has 96 valence electrons. The van der Waals surface area contributed by atoms with Crippen LogP contribution in [-0.4, -0.2) is 20.7 Å². The second kappa shape index (κ2) is 4.60. The number of carbonyl (C=O) groups excluding carboxylic acids is 1. The lowest BCUT2D eigenvalue weighted by Crippen LogP contribution is -2.26. The molecule has 4 unspecified atom stereocenters. The van der Waals surface area contributed by atoms with Crippen LogP contribution in [0, 0.1) is 23.7 Å². The van der Waals surface area contributed by atoms with Crippen molar-refractivity contribution in [1.29, 1.82) is 0 Å². The molecule has 2 aliphatic rings. The van der Waals surface area contributed by atoms with Crippen LogP contribution in [-0.2, 0) is 9.53 Å². The molecule has 0 aromatic carbocycles. The van der Waals surface area contributed by atoms with Gasteiger partial charge in [0, 0.05) is 8.07 Å². The van der Waals surface area contributed by atoms with E-state index in [2.05, 4.69) is 38.7 Å². The van der Waals surface area contributed by atoms with Crippen molar-refractivity contribution >= 4 is 14.0 Å². The van der Waals surface area contributed by atoms with Crippen LogP contribution in [0.3, 0.4) is 0 Å². The minimum Gasteiger partial charge on any atom is -0.466 e. The van der Waals surface area contributed by atoms with Crippen molar-refractivity contribution in [2.24, 2.45) is 23.7 Å². The van der Waals surface area contributed by atoms with Crippen LogP contribution in [0.5, 0.6) is 0 Å². The second-order valence-corrected chi connectivity index (χ2v) is 12.4. The molecule has 2 aliphatic carbocycles. The van der Waals surface area contributed by atoms with Gasteiger partial charge in [-0.2, -0.15) is 0 Å². The van der Waals surface area contributed by atoms with E-state index in [1.54, 1.807) is 0 Å². The number of carbonyl (C=O) groups is 1. The van der Waals surface area contributed by atoms with Crippen molar-refractivity contribution in [1.82, 2.24) is 0 Å². The quantitative estimate of drug-likeness (QED) is 0.436. The van der Waals surface area contributed by atoms with E-state index in [9.17, 15) is 4.79 Å².